The number of nitrogens with zero attached hydrogens (tertiary/aromatic N) is 2. The minimum atomic E-state index is -0.360. The Morgan fingerprint density at radius 1 is 1.33 bits per heavy atom. The van der Waals surface area contributed by atoms with Gasteiger partial charge in [-0.2, -0.15) is 0 Å². The smallest absolute Gasteiger partial charge is 0.314 e. The predicted octanol–water partition coefficient (Wildman–Crippen LogP) is 4.00. The molecule has 1 aromatic heterocycles. The van der Waals surface area contributed by atoms with Crippen LogP contribution >= 0.6 is 0 Å². The van der Waals surface area contributed by atoms with Crippen LogP contribution in [0.25, 0.3) is 0 Å². The molecule has 0 aliphatic rings. The average Bonchev–Trinajstić information content (AvgIpc) is 2.46. The van der Waals surface area contributed by atoms with E-state index in [-0.39, 0.29) is 23.1 Å². The number of hydrogen-bond acceptors (Lipinski definition) is 4. The van der Waals surface area contributed by atoms with Crippen LogP contribution in [0.2, 0.25) is 0 Å². The molecule has 0 saturated carbocycles. The van der Waals surface area contributed by atoms with Crippen LogP contribution in [0.15, 0.2) is 36.7 Å². The summed E-state index contributed by atoms with van der Waals surface area (Å²) in [6.45, 7) is 5.94. The first-order valence-electron chi connectivity index (χ1n) is 6.80. The van der Waals surface area contributed by atoms with Gasteiger partial charge in [0.1, 0.15) is 6.61 Å². The molecular weight excluding hydrogens is 268 g/mol. The largest absolute Gasteiger partial charge is 0.482 e. The van der Waals surface area contributed by atoms with Crippen molar-refractivity contribution in [2.45, 2.75) is 33.3 Å². The quantitative estimate of drug-likeness (QED) is 0.615. The van der Waals surface area contributed by atoms with Crippen LogP contribution in [0.4, 0.5) is 5.69 Å². The number of aryl methyl sites for hydroxylation is 1. The highest BCUT2D eigenvalue weighted by Crippen LogP contribution is 2.38. The second-order valence-electron chi connectivity index (χ2n) is 5.21. The summed E-state index contributed by atoms with van der Waals surface area (Å²) in [6.07, 6.45) is 3.37. The van der Waals surface area contributed by atoms with E-state index in [0.29, 0.717) is 11.3 Å². The molecule has 0 fully saturated rings. The van der Waals surface area contributed by atoms with Crippen molar-refractivity contribution in [3.8, 4) is 5.75 Å². The van der Waals surface area contributed by atoms with Crippen LogP contribution in [0.1, 0.15) is 36.5 Å². The second-order valence-corrected chi connectivity index (χ2v) is 5.21. The van der Waals surface area contributed by atoms with E-state index >= 15 is 0 Å². The lowest BCUT2D eigenvalue weighted by Gasteiger charge is -2.14. The molecule has 0 aliphatic heterocycles. The van der Waals surface area contributed by atoms with Crippen molar-refractivity contribution in [3.63, 3.8) is 0 Å². The van der Waals surface area contributed by atoms with Gasteiger partial charge in [-0.3, -0.25) is 15.1 Å². The van der Waals surface area contributed by atoms with Gasteiger partial charge >= 0.3 is 5.69 Å². The number of aromatic nitrogens is 1. The minimum absolute atomic E-state index is 0.0618. The summed E-state index contributed by atoms with van der Waals surface area (Å²) in [5.74, 6) is 0.404. The van der Waals surface area contributed by atoms with Gasteiger partial charge in [-0.25, -0.2) is 0 Å². The zero-order valence-electron chi connectivity index (χ0n) is 12.4. The number of benzene rings is 1. The SMILES string of the molecule is Cc1ccc(C(C)C)c([N+](=O)[O-])c1OCc1cccnc1. The van der Waals surface area contributed by atoms with Gasteiger partial charge in [0.15, 0.2) is 0 Å². The maximum absolute atomic E-state index is 11.4. The first kappa shape index (κ1) is 15.0. The molecule has 110 valence electrons. The molecule has 1 heterocycles. The molecule has 0 bridgehead atoms. The molecule has 0 N–H and O–H groups in total. The Kier molecular flexibility index (Phi) is 4.52. The van der Waals surface area contributed by atoms with Crippen molar-refractivity contribution < 1.29 is 9.66 Å². The lowest BCUT2D eigenvalue weighted by Crippen LogP contribution is -2.05. The summed E-state index contributed by atoms with van der Waals surface area (Å²) in [7, 11) is 0. The highest BCUT2D eigenvalue weighted by Gasteiger charge is 2.24. The van der Waals surface area contributed by atoms with E-state index in [1.54, 1.807) is 18.5 Å². The van der Waals surface area contributed by atoms with E-state index in [1.807, 2.05) is 39.0 Å². The Morgan fingerprint density at radius 2 is 2.10 bits per heavy atom. The maximum Gasteiger partial charge on any atom is 0.314 e. The summed E-state index contributed by atoms with van der Waals surface area (Å²) >= 11 is 0. The van der Waals surface area contributed by atoms with Crippen molar-refractivity contribution in [2.24, 2.45) is 0 Å². The first-order chi connectivity index (χ1) is 10.0. The summed E-state index contributed by atoms with van der Waals surface area (Å²) in [6, 6.07) is 7.35. The van der Waals surface area contributed by atoms with Crippen LogP contribution in [-0.4, -0.2) is 9.91 Å². The molecule has 0 atom stereocenters. The van der Waals surface area contributed by atoms with Crippen LogP contribution < -0.4 is 4.74 Å². The van der Waals surface area contributed by atoms with Crippen LogP contribution in [-0.2, 0) is 6.61 Å². The van der Waals surface area contributed by atoms with Gasteiger partial charge in [0.05, 0.1) is 4.92 Å². The fourth-order valence-corrected chi connectivity index (χ4v) is 2.16. The van der Waals surface area contributed by atoms with Crippen LogP contribution in [0.5, 0.6) is 5.75 Å². The third-order valence-electron chi connectivity index (χ3n) is 3.27. The van der Waals surface area contributed by atoms with Gasteiger partial charge in [-0.05, 0) is 24.5 Å². The van der Waals surface area contributed by atoms with E-state index in [4.69, 9.17) is 4.74 Å². The molecule has 0 unspecified atom stereocenters. The normalized spacial score (nSPS) is 10.7. The zero-order chi connectivity index (χ0) is 15.4. The third-order valence-corrected chi connectivity index (χ3v) is 3.27. The topological polar surface area (TPSA) is 65.3 Å². The first-order valence-corrected chi connectivity index (χ1v) is 6.80. The molecule has 5 nitrogen and oxygen atoms in total. The van der Waals surface area contributed by atoms with Gasteiger partial charge in [0.2, 0.25) is 5.75 Å². The van der Waals surface area contributed by atoms with Crippen molar-refractivity contribution >= 4 is 5.69 Å². The van der Waals surface area contributed by atoms with Gasteiger partial charge in [-0.15, -0.1) is 0 Å². The number of rotatable bonds is 5. The molecule has 21 heavy (non-hydrogen) atoms. The fourth-order valence-electron chi connectivity index (χ4n) is 2.16. The van der Waals surface area contributed by atoms with E-state index in [1.165, 1.54) is 0 Å². The number of nitro benzene ring substituents is 1. The molecule has 1 aromatic carbocycles. The Morgan fingerprint density at radius 3 is 2.67 bits per heavy atom. The predicted molar refractivity (Wildman–Crippen MR) is 80.5 cm³/mol. The van der Waals surface area contributed by atoms with Crippen molar-refractivity contribution in [1.82, 2.24) is 4.98 Å². The third kappa shape index (κ3) is 3.37. The van der Waals surface area contributed by atoms with Crippen molar-refractivity contribution in [3.05, 3.63) is 63.5 Å². The van der Waals surface area contributed by atoms with E-state index in [2.05, 4.69) is 4.98 Å². The monoisotopic (exact) mass is 286 g/mol. The molecule has 0 spiro atoms. The van der Waals surface area contributed by atoms with Gasteiger partial charge in [0, 0.05) is 23.5 Å². The lowest BCUT2D eigenvalue weighted by molar-refractivity contribution is -0.386. The van der Waals surface area contributed by atoms with Crippen LogP contribution in [0.3, 0.4) is 0 Å². The molecule has 0 radical (unpaired) electrons. The lowest BCUT2D eigenvalue weighted by atomic mass is 9.98. The molecular formula is C16H18N2O3. The summed E-state index contributed by atoms with van der Waals surface area (Å²) in [5.41, 5.74) is 2.39. The fraction of sp³-hybridized carbons (Fsp3) is 0.312. The Bertz CT molecular complexity index is 639. The summed E-state index contributed by atoms with van der Waals surface area (Å²) in [4.78, 5) is 15.1. The number of nitro groups is 1. The van der Waals surface area contributed by atoms with E-state index in [9.17, 15) is 10.1 Å². The number of pyridine rings is 1. The van der Waals surface area contributed by atoms with E-state index < -0.39 is 0 Å². The highest BCUT2D eigenvalue weighted by molar-refractivity contribution is 5.58. The van der Waals surface area contributed by atoms with Crippen LogP contribution in [0, 0.1) is 17.0 Å². The standard InChI is InChI=1S/C16H18N2O3/c1-11(2)14-7-6-12(3)16(15(14)18(19)20)21-10-13-5-4-8-17-9-13/h4-9,11H,10H2,1-3H3. The van der Waals surface area contributed by atoms with E-state index in [0.717, 1.165) is 11.1 Å². The second kappa shape index (κ2) is 6.35. The van der Waals surface area contributed by atoms with Crippen molar-refractivity contribution in [1.29, 1.82) is 0 Å². The molecule has 5 heteroatoms. The highest BCUT2D eigenvalue weighted by atomic mass is 16.6. The van der Waals surface area contributed by atoms with Crippen molar-refractivity contribution in [2.75, 3.05) is 0 Å². The minimum Gasteiger partial charge on any atom is -0.482 e. The number of ether oxygens (including phenoxy) is 1. The van der Waals surface area contributed by atoms with Gasteiger partial charge in [0.25, 0.3) is 0 Å². The van der Waals surface area contributed by atoms with Gasteiger partial charge < -0.3 is 4.74 Å². The Labute approximate surface area is 123 Å². The summed E-state index contributed by atoms with van der Waals surface area (Å²) < 4.78 is 5.72. The average molecular weight is 286 g/mol. The summed E-state index contributed by atoms with van der Waals surface area (Å²) in [5, 5.41) is 11.4. The Hall–Kier alpha value is -2.43. The molecule has 0 amide bonds. The zero-order valence-corrected chi connectivity index (χ0v) is 12.4. The van der Waals surface area contributed by atoms with Gasteiger partial charge in [-0.1, -0.05) is 32.0 Å². The Balaban J connectivity index is 2.37. The molecule has 0 saturated heterocycles. The number of hydrogen-bond donors (Lipinski definition) is 0. The molecule has 2 aromatic rings. The molecule has 0 aliphatic carbocycles. The maximum atomic E-state index is 11.4. The molecule has 2 rings (SSSR count).